The SMILES string of the molecule is CNC(=O)c1c(-c2ccc(F)cc2)oc2ccc(-c3cccc(C(=O)NC(CCO)c4ccccc4)c3)cc12. The lowest BCUT2D eigenvalue weighted by atomic mass is 9.98. The number of carbonyl (C=O) groups excluding carboxylic acids is 2. The predicted octanol–water partition coefficient (Wildman–Crippen LogP) is 6.12. The number of amides is 2. The number of fused-ring (bicyclic) bond motifs is 1. The third-order valence-corrected chi connectivity index (χ3v) is 6.63. The molecule has 0 aliphatic rings. The topological polar surface area (TPSA) is 91.6 Å². The second kappa shape index (κ2) is 11.3. The molecule has 0 saturated carbocycles. The van der Waals surface area contributed by atoms with Crippen LogP contribution < -0.4 is 10.6 Å². The number of carbonyl (C=O) groups is 2. The van der Waals surface area contributed by atoms with Gasteiger partial charge in [-0.2, -0.15) is 0 Å². The Labute approximate surface area is 225 Å². The first-order valence-corrected chi connectivity index (χ1v) is 12.6. The van der Waals surface area contributed by atoms with Gasteiger partial charge in [-0.1, -0.05) is 48.5 Å². The van der Waals surface area contributed by atoms with Gasteiger partial charge in [0.25, 0.3) is 11.8 Å². The summed E-state index contributed by atoms with van der Waals surface area (Å²) in [5.41, 5.74) is 4.42. The zero-order valence-corrected chi connectivity index (χ0v) is 21.3. The summed E-state index contributed by atoms with van der Waals surface area (Å²) in [4.78, 5) is 26.1. The minimum Gasteiger partial charge on any atom is -0.455 e. The molecule has 0 spiro atoms. The number of furan rings is 1. The van der Waals surface area contributed by atoms with E-state index in [1.807, 2.05) is 48.5 Å². The van der Waals surface area contributed by atoms with Crippen molar-refractivity contribution in [2.24, 2.45) is 0 Å². The molecule has 0 bridgehead atoms. The van der Waals surface area contributed by atoms with Gasteiger partial charge in [-0.05, 0) is 71.6 Å². The molecule has 5 aromatic rings. The van der Waals surface area contributed by atoms with Crippen LogP contribution in [0.3, 0.4) is 0 Å². The maximum absolute atomic E-state index is 13.5. The maximum atomic E-state index is 13.5. The maximum Gasteiger partial charge on any atom is 0.255 e. The highest BCUT2D eigenvalue weighted by molar-refractivity contribution is 6.11. The third-order valence-electron chi connectivity index (χ3n) is 6.63. The van der Waals surface area contributed by atoms with Crippen LogP contribution in [0.4, 0.5) is 4.39 Å². The molecular formula is C32H27FN2O4. The molecule has 0 aliphatic heterocycles. The second-order valence-electron chi connectivity index (χ2n) is 9.13. The van der Waals surface area contributed by atoms with Gasteiger partial charge in [0.15, 0.2) is 0 Å². The van der Waals surface area contributed by atoms with Gasteiger partial charge in [0.1, 0.15) is 17.2 Å². The predicted molar refractivity (Wildman–Crippen MR) is 149 cm³/mol. The molecule has 196 valence electrons. The quantitative estimate of drug-likeness (QED) is 0.229. The van der Waals surface area contributed by atoms with Crippen LogP contribution in [0.15, 0.2) is 101 Å². The van der Waals surface area contributed by atoms with Gasteiger partial charge in [-0.15, -0.1) is 0 Å². The summed E-state index contributed by atoms with van der Waals surface area (Å²) in [5, 5.41) is 15.8. The molecule has 1 aromatic heterocycles. The van der Waals surface area contributed by atoms with Gasteiger partial charge in [0, 0.05) is 30.2 Å². The summed E-state index contributed by atoms with van der Waals surface area (Å²) in [7, 11) is 1.54. The van der Waals surface area contributed by atoms with Crippen molar-refractivity contribution in [1.82, 2.24) is 10.6 Å². The standard InChI is InChI=1S/C32H27FN2O4/c1-34-32(38)29-26-19-23(12-15-28(26)39-30(29)21-10-13-25(33)14-11-21)22-8-5-9-24(18-22)31(37)35-27(16-17-36)20-6-3-2-4-7-20/h2-15,18-19,27,36H,16-17H2,1H3,(H,34,38)(H,35,37). The number of hydrogen-bond donors (Lipinski definition) is 3. The third kappa shape index (κ3) is 5.44. The first-order valence-electron chi connectivity index (χ1n) is 12.6. The molecule has 0 saturated heterocycles. The van der Waals surface area contributed by atoms with E-state index in [9.17, 15) is 19.1 Å². The first-order chi connectivity index (χ1) is 19.0. The lowest BCUT2D eigenvalue weighted by Gasteiger charge is -2.18. The number of aliphatic hydroxyl groups excluding tert-OH is 1. The average Bonchev–Trinajstić information content (AvgIpc) is 3.36. The minimum absolute atomic E-state index is 0.0574. The highest BCUT2D eigenvalue weighted by Gasteiger charge is 2.22. The van der Waals surface area contributed by atoms with E-state index in [1.54, 1.807) is 43.4 Å². The Bertz CT molecular complexity index is 1630. The van der Waals surface area contributed by atoms with E-state index in [4.69, 9.17) is 4.42 Å². The van der Waals surface area contributed by atoms with Crippen LogP contribution in [0.5, 0.6) is 0 Å². The summed E-state index contributed by atoms with van der Waals surface area (Å²) in [6.07, 6.45) is 0.394. The minimum atomic E-state index is -0.381. The summed E-state index contributed by atoms with van der Waals surface area (Å²) >= 11 is 0. The second-order valence-corrected chi connectivity index (χ2v) is 9.13. The van der Waals surface area contributed by atoms with E-state index in [0.717, 1.165) is 16.7 Å². The molecular weight excluding hydrogens is 495 g/mol. The lowest BCUT2D eigenvalue weighted by Crippen LogP contribution is -2.29. The van der Waals surface area contributed by atoms with Crippen molar-refractivity contribution >= 4 is 22.8 Å². The highest BCUT2D eigenvalue weighted by Crippen LogP contribution is 2.36. The van der Waals surface area contributed by atoms with Crippen LogP contribution in [-0.4, -0.2) is 30.6 Å². The van der Waals surface area contributed by atoms with Crippen LogP contribution in [0, 0.1) is 5.82 Å². The van der Waals surface area contributed by atoms with Gasteiger partial charge >= 0.3 is 0 Å². The number of nitrogens with one attached hydrogen (secondary N) is 2. The molecule has 7 heteroatoms. The van der Waals surface area contributed by atoms with Crippen LogP contribution in [0.25, 0.3) is 33.4 Å². The van der Waals surface area contributed by atoms with Crippen molar-refractivity contribution in [2.45, 2.75) is 12.5 Å². The molecule has 1 heterocycles. The number of aliphatic hydroxyl groups is 1. The fraction of sp³-hybridized carbons (Fsp3) is 0.125. The Balaban J connectivity index is 1.50. The van der Waals surface area contributed by atoms with E-state index in [2.05, 4.69) is 10.6 Å². The van der Waals surface area contributed by atoms with Crippen molar-refractivity contribution in [3.63, 3.8) is 0 Å². The summed E-state index contributed by atoms with van der Waals surface area (Å²) in [6, 6.07) is 27.7. The lowest BCUT2D eigenvalue weighted by molar-refractivity contribution is 0.0928. The molecule has 0 fully saturated rings. The van der Waals surface area contributed by atoms with Crippen LogP contribution in [-0.2, 0) is 0 Å². The largest absolute Gasteiger partial charge is 0.455 e. The van der Waals surface area contributed by atoms with E-state index in [1.165, 1.54) is 12.1 Å². The molecule has 6 nitrogen and oxygen atoms in total. The molecule has 0 radical (unpaired) electrons. The first kappa shape index (κ1) is 25.9. The Hall–Kier alpha value is -4.75. The molecule has 39 heavy (non-hydrogen) atoms. The summed E-state index contributed by atoms with van der Waals surface area (Å²) in [5.74, 6) is -0.609. The van der Waals surface area contributed by atoms with Gasteiger partial charge < -0.3 is 20.2 Å². The van der Waals surface area contributed by atoms with E-state index in [-0.39, 0.29) is 30.3 Å². The zero-order valence-electron chi connectivity index (χ0n) is 21.3. The summed E-state index contributed by atoms with van der Waals surface area (Å²) in [6.45, 7) is -0.0574. The fourth-order valence-corrected chi connectivity index (χ4v) is 4.65. The van der Waals surface area contributed by atoms with Crippen molar-refractivity contribution in [3.8, 4) is 22.5 Å². The van der Waals surface area contributed by atoms with E-state index >= 15 is 0 Å². The molecule has 0 aliphatic carbocycles. The Morgan fingerprint density at radius 3 is 2.28 bits per heavy atom. The van der Waals surface area contributed by atoms with Gasteiger partial charge in [0.2, 0.25) is 0 Å². The Kier molecular flexibility index (Phi) is 7.52. The van der Waals surface area contributed by atoms with Gasteiger partial charge in [-0.25, -0.2) is 4.39 Å². The van der Waals surface area contributed by atoms with Crippen molar-refractivity contribution < 1.29 is 23.5 Å². The van der Waals surface area contributed by atoms with Crippen LogP contribution in [0.1, 0.15) is 38.7 Å². The van der Waals surface area contributed by atoms with Crippen molar-refractivity contribution in [1.29, 1.82) is 0 Å². The average molecular weight is 523 g/mol. The van der Waals surface area contributed by atoms with E-state index < -0.39 is 0 Å². The zero-order chi connectivity index (χ0) is 27.4. The van der Waals surface area contributed by atoms with Crippen molar-refractivity contribution in [2.75, 3.05) is 13.7 Å². The van der Waals surface area contributed by atoms with E-state index in [0.29, 0.717) is 39.8 Å². The monoisotopic (exact) mass is 522 g/mol. The number of benzene rings is 4. The number of hydrogen-bond acceptors (Lipinski definition) is 4. The van der Waals surface area contributed by atoms with Gasteiger partial charge in [0.05, 0.1) is 11.6 Å². The Morgan fingerprint density at radius 2 is 1.56 bits per heavy atom. The molecule has 2 amide bonds. The van der Waals surface area contributed by atoms with Crippen LogP contribution >= 0.6 is 0 Å². The number of rotatable bonds is 8. The molecule has 3 N–H and O–H groups in total. The van der Waals surface area contributed by atoms with Crippen molar-refractivity contribution in [3.05, 3.63) is 120 Å². The molecule has 4 aromatic carbocycles. The molecule has 1 unspecified atom stereocenters. The normalized spacial score (nSPS) is 11.8. The molecule has 5 rings (SSSR count). The number of halogens is 1. The molecule has 1 atom stereocenters. The van der Waals surface area contributed by atoms with Gasteiger partial charge in [-0.3, -0.25) is 9.59 Å². The Morgan fingerprint density at radius 1 is 0.846 bits per heavy atom. The van der Waals surface area contributed by atoms with Crippen LogP contribution in [0.2, 0.25) is 0 Å². The smallest absolute Gasteiger partial charge is 0.255 e. The fourth-order valence-electron chi connectivity index (χ4n) is 4.65. The highest BCUT2D eigenvalue weighted by atomic mass is 19.1. The summed E-state index contributed by atoms with van der Waals surface area (Å²) < 4.78 is 19.5.